The summed E-state index contributed by atoms with van der Waals surface area (Å²) in [5, 5.41) is 0. The van der Waals surface area contributed by atoms with Crippen LogP contribution in [0.2, 0.25) is 0 Å². The Balaban J connectivity index is 1.53. The standard InChI is InChI=1S/C24H27F/c1-2-3-4-17-5-13-23-20(15-17)6-7-21-16-19(10-14-24(21)23)18-8-11-22(25)12-9-18/h2,6-9,11-12,17,19H,1,3-5,10,13-16H2/t17-,19-/m0/s1. The van der Waals surface area contributed by atoms with Crippen LogP contribution in [0.25, 0.3) is 0 Å². The minimum absolute atomic E-state index is 0.139. The molecule has 0 amide bonds. The topological polar surface area (TPSA) is 0 Å². The molecule has 0 bridgehead atoms. The summed E-state index contributed by atoms with van der Waals surface area (Å²) in [6.07, 6.45) is 11.8. The second kappa shape index (κ2) is 7.15. The van der Waals surface area contributed by atoms with Crippen LogP contribution in [0.3, 0.4) is 0 Å². The van der Waals surface area contributed by atoms with Crippen molar-refractivity contribution in [1.29, 1.82) is 0 Å². The molecule has 0 spiro atoms. The lowest BCUT2D eigenvalue weighted by Gasteiger charge is -2.32. The van der Waals surface area contributed by atoms with Crippen molar-refractivity contribution in [2.75, 3.05) is 0 Å². The molecule has 0 aromatic heterocycles. The van der Waals surface area contributed by atoms with Crippen molar-refractivity contribution in [1.82, 2.24) is 0 Å². The van der Waals surface area contributed by atoms with E-state index in [9.17, 15) is 4.39 Å². The summed E-state index contributed by atoms with van der Waals surface area (Å²) in [4.78, 5) is 0. The van der Waals surface area contributed by atoms with Crippen LogP contribution in [-0.4, -0.2) is 0 Å². The monoisotopic (exact) mass is 334 g/mol. The highest BCUT2D eigenvalue weighted by Gasteiger charge is 2.26. The third-order valence-electron chi connectivity index (χ3n) is 6.27. The van der Waals surface area contributed by atoms with Crippen molar-refractivity contribution in [3.05, 3.63) is 82.7 Å². The largest absolute Gasteiger partial charge is 0.207 e. The predicted octanol–water partition coefficient (Wildman–Crippen LogP) is 6.17. The van der Waals surface area contributed by atoms with Gasteiger partial charge < -0.3 is 0 Å². The Kier molecular flexibility index (Phi) is 4.74. The molecule has 0 fully saturated rings. The molecule has 0 aliphatic heterocycles. The summed E-state index contributed by atoms with van der Waals surface area (Å²) < 4.78 is 13.2. The molecule has 130 valence electrons. The quantitative estimate of drug-likeness (QED) is 0.587. The number of fused-ring (bicyclic) bond motifs is 3. The highest BCUT2D eigenvalue weighted by molar-refractivity contribution is 5.45. The van der Waals surface area contributed by atoms with Crippen LogP contribution < -0.4 is 0 Å². The summed E-state index contributed by atoms with van der Waals surface area (Å²) in [5.74, 6) is 1.23. The van der Waals surface area contributed by atoms with Crippen LogP contribution in [0.15, 0.2) is 49.1 Å². The molecule has 4 rings (SSSR count). The van der Waals surface area contributed by atoms with E-state index in [2.05, 4.69) is 24.8 Å². The molecule has 0 N–H and O–H groups in total. The summed E-state index contributed by atoms with van der Waals surface area (Å²) in [6.45, 7) is 3.86. The van der Waals surface area contributed by atoms with Gasteiger partial charge >= 0.3 is 0 Å². The van der Waals surface area contributed by atoms with Gasteiger partial charge in [0.25, 0.3) is 0 Å². The van der Waals surface area contributed by atoms with Crippen LogP contribution in [0.5, 0.6) is 0 Å². The summed E-state index contributed by atoms with van der Waals surface area (Å²) in [7, 11) is 0. The first-order valence-electron chi connectivity index (χ1n) is 9.73. The molecule has 2 aliphatic carbocycles. The Morgan fingerprint density at radius 3 is 2.32 bits per heavy atom. The molecule has 0 radical (unpaired) electrons. The molecule has 25 heavy (non-hydrogen) atoms. The summed E-state index contributed by atoms with van der Waals surface area (Å²) in [6, 6.07) is 11.9. The van der Waals surface area contributed by atoms with Gasteiger partial charge in [-0.15, -0.1) is 6.58 Å². The van der Waals surface area contributed by atoms with E-state index < -0.39 is 0 Å². The maximum absolute atomic E-state index is 13.2. The van der Waals surface area contributed by atoms with Crippen LogP contribution in [-0.2, 0) is 25.7 Å². The van der Waals surface area contributed by atoms with E-state index >= 15 is 0 Å². The minimum Gasteiger partial charge on any atom is -0.207 e. The molecule has 0 nitrogen and oxygen atoms in total. The number of hydrogen-bond acceptors (Lipinski definition) is 0. The minimum atomic E-state index is -0.139. The van der Waals surface area contributed by atoms with E-state index in [0.717, 1.165) is 18.8 Å². The molecule has 2 aromatic carbocycles. The molecule has 0 unspecified atom stereocenters. The van der Waals surface area contributed by atoms with Crippen molar-refractivity contribution in [2.45, 2.75) is 57.3 Å². The van der Waals surface area contributed by atoms with Gasteiger partial charge in [0.15, 0.2) is 0 Å². The second-order valence-corrected chi connectivity index (χ2v) is 7.81. The van der Waals surface area contributed by atoms with E-state index in [-0.39, 0.29) is 5.82 Å². The number of allylic oxidation sites excluding steroid dienone is 1. The van der Waals surface area contributed by atoms with Gasteiger partial charge in [0.2, 0.25) is 0 Å². The fourth-order valence-corrected chi connectivity index (χ4v) is 4.86. The van der Waals surface area contributed by atoms with Gasteiger partial charge in [-0.3, -0.25) is 0 Å². The van der Waals surface area contributed by atoms with Gasteiger partial charge in [-0.1, -0.05) is 30.3 Å². The van der Waals surface area contributed by atoms with Crippen LogP contribution in [0, 0.1) is 11.7 Å². The van der Waals surface area contributed by atoms with E-state index in [1.54, 1.807) is 28.8 Å². The normalized spacial score (nSPS) is 22.1. The lowest BCUT2D eigenvalue weighted by atomic mass is 9.73. The highest BCUT2D eigenvalue weighted by atomic mass is 19.1. The molecule has 2 aromatic rings. The third kappa shape index (κ3) is 3.42. The third-order valence-corrected chi connectivity index (χ3v) is 6.27. The van der Waals surface area contributed by atoms with E-state index in [1.807, 2.05) is 12.1 Å². The van der Waals surface area contributed by atoms with E-state index in [0.29, 0.717) is 5.92 Å². The Bertz CT molecular complexity index is 756. The number of halogens is 1. The number of rotatable bonds is 4. The smallest absolute Gasteiger partial charge is 0.123 e. The van der Waals surface area contributed by atoms with E-state index in [1.165, 1.54) is 49.7 Å². The fraction of sp³-hybridized carbons (Fsp3) is 0.417. The zero-order valence-corrected chi connectivity index (χ0v) is 14.9. The van der Waals surface area contributed by atoms with E-state index in [4.69, 9.17) is 0 Å². The Morgan fingerprint density at radius 1 is 0.920 bits per heavy atom. The maximum Gasteiger partial charge on any atom is 0.123 e. The van der Waals surface area contributed by atoms with Crippen LogP contribution in [0.4, 0.5) is 4.39 Å². The molecule has 2 atom stereocenters. The van der Waals surface area contributed by atoms with Gasteiger partial charge in [0.1, 0.15) is 5.82 Å². The average molecular weight is 334 g/mol. The molecule has 0 heterocycles. The van der Waals surface area contributed by atoms with Gasteiger partial charge in [-0.25, -0.2) is 4.39 Å². The number of hydrogen-bond donors (Lipinski definition) is 0. The fourth-order valence-electron chi connectivity index (χ4n) is 4.86. The first kappa shape index (κ1) is 16.6. The molecule has 1 heteroatoms. The number of benzene rings is 2. The van der Waals surface area contributed by atoms with Gasteiger partial charge in [-0.2, -0.15) is 0 Å². The first-order chi connectivity index (χ1) is 12.2. The Hall–Kier alpha value is -1.89. The Morgan fingerprint density at radius 2 is 1.60 bits per heavy atom. The van der Waals surface area contributed by atoms with Crippen molar-refractivity contribution in [3.8, 4) is 0 Å². The van der Waals surface area contributed by atoms with Gasteiger partial charge in [-0.05, 0) is 103 Å². The van der Waals surface area contributed by atoms with Gasteiger partial charge in [0.05, 0.1) is 0 Å². The van der Waals surface area contributed by atoms with Crippen molar-refractivity contribution < 1.29 is 4.39 Å². The first-order valence-corrected chi connectivity index (χ1v) is 9.73. The predicted molar refractivity (Wildman–Crippen MR) is 103 cm³/mol. The maximum atomic E-state index is 13.2. The molecule has 0 saturated heterocycles. The SMILES string of the molecule is C=CCC[C@H]1CCc2c(ccc3c2CC[C@H](c2ccc(F)cc2)C3)C1. The average Bonchev–Trinajstić information content (AvgIpc) is 2.66. The molecular weight excluding hydrogens is 307 g/mol. The lowest BCUT2D eigenvalue weighted by Crippen LogP contribution is -2.20. The van der Waals surface area contributed by atoms with Gasteiger partial charge in [0, 0.05) is 0 Å². The Labute approximate surface area is 150 Å². The summed E-state index contributed by atoms with van der Waals surface area (Å²) >= 11 is 0. The molecule has 2 aliphatic rings. The van der Waals surface area contributed by atoms with Crippen LogP contribution in [0.1, 0.15) is 59.4 Å². The lowest BCUT2D eigenvalue weighted by molar-refractivity contribution is 0.427. The molecule has 0 saturated carbocycles. The van der Waals surface area contributed by atoms with Crippen LogP contribution >= 0.6 is 0 Å². The highest BCUT2D eigenvalue weighted by Crippen LogP contribution is 2.38. The second-order valence-electron chi connectivity index (χ2n) is 7.81. The zero-order chi connectivity index (χ0) is 17.2. The summed E-state index contributed by atoms with van der Waals surface area (Å²) in [5.41, 5.74) is 7.71. The van der Waals surface area contributed by atoms with Crippen molar-refractivity contribution in [2.24, 2.45) is 5.92 Å². The molecular formula is C24H27F. The van der Waals surface area contributed by atoms with Crippen molar-refractivity contribution in [3.63, 3.8) is 0 Å². The van der Waals surface area contributed by atoms with Crippen molar-refractivity contribution >= 4 is 0 Å². The zero-order valence-electron chi connectivity index (χ0n) is 14.9.